The molecule has 0 amide bonds. The smallest absolute Gasteiger partial charge is 0.327 e. The summed E-state index contributed by atoms with van der Waals surface area (Å²) in [6, 6.07) is 0.0393. The third kappa shape index (κ3) is 3.46. The van der Waals surface area contributed by atoms with E-state index in [0.717, 1.165) is 0 Å². The molecule has 1 rings (SSSR count). The zero-order valence-electron chi connectivity index (χ0n) is 8.35. The summed E-state index contributed by atoms with van der Waals surface area (Å²) in [6.07, 6.45) is -3.58. The van der Waals surface area contributed by atoms with E-state index in [0.29, 0.717) is 19.6 Å². The van der Waals surface area contributed by atoms with Gasteiger partial charge in [-0.1, -0.05) is 0 Å². The van der Waals surface area contributed by atoms with Crippen LogP contribution in [-0.4, -0.2) is 36.8 Å². The van der Waals surface area contributed by atoms with Gasteiger partial charge in [0.2, 0.25) is 0 Å². The van der Waals surface area contributed by atoms with Gasteiger partial charge in [-0.2, -0.15) is 13.2 Å². The Labute approximate surface area is 82.2 Å². The van der Waals surface area contributed by atoms with Crippen LogP contribution in [0.3, 0.4) is 0 Å². The van der Waals surface area contributed by atoms with E-state index in [1.807, 2.05) is 11.8 Å². The topological polar surface area (TPSA) is 29.3 Å². The average Bonchev–Trinajstić information content (AvgIpc) is 2.02. The fraction of sp³-hybridized carbons (Fsp3) is 1.00. The molecule has 1 aliphatic heterocycles. The SMILES string of the molecule is CC(N)CN1CCC(C(F)(F)F)CC1. The van der Waals surface area contributed by atoms with Gasteiger partial charge in [0.05, 0.1) is 5.92 Å². The number of nitrogens with two attached hydrogens (primary N) is 1. The lowest BCUT2D eigenvalue weighted by molar-refractivity contribution is -0.185. The summed E-state index contributed by atoms with van der Waals surface area (Å²) < 4.78 is 36.9. The van der Waals surface area contributed by atoms with Gasteiger partial charge in [0.25, 0.3) is 0 Å². The van der Waals surface area contributed by atoms with E-state index in [-0.39, 0.29) is 18.9 Å². The second-order valence-corrected chi connectivity index (χ2v) is 4.09. The summed E-state index contributed by atoms with van der Waals surface area (Å²) in [6.45, 7) is 3.61. The fourth-order valence-corrected chi connectivity index (χ4v) is 1.85. The van der Waals surface area contributed by atoms with Gasteiger partial charge < -0.3 is 10.6 Å². The van der Waals surface area contributed by atoms with Crippen LogP contribution in [0.15, 0.2) is 0 Å². The molecule has 0 saturated carbocycles. The maximum absolute atomic E-state index is 12.3. The summed E-state index contributed by atoms with van der Waals surface area (Å²) >= 11 is 0. The van der Waals surface area contributed by atoms with Crippen LogP contribution in [0.4, 0.5) is 13.2 Å². The van der Waals surface area contributed by atoms with Gasteiger partial charge in [-0.25, -0.2) is 0 Å². The number of piperidine rings is 1. The molecule has 1 fully saturated rings. The zero-order valence-corrected chi connectivity index (χ0v) is 8.35. The average molecular weight is 210 g/mol. The van der Waals surface area contributed by atoms with Crippen molar-refractivity contribution in [3.63, 3.8) is 0 Å². The molecular weight excluding hydrogens is 193 g/mol. The van der Waals surface area contributed by atoms with Crippen molar-refractivity contribution in [2.75, 3.05) is 19.6 Å². The number of hydrogen-bond donors (Lipinski definition) is 1. The largest absolute Gasteiger partial charge is 0.391 e. The molecule has 84 valence electrons. The Hall–Kier alpha value is -0.290. The Kier molecular flexibility index (Phi) is 3.78. The van der Waals surface area contributed by atoms with Gasteiger partial charge in [-0.3, -0.25) is 0 Å². The highest BCUT2D eigenvalue weighted by molar-refractivity contribution is 4.78. The van der Waals surface area contributed by atoms with Crippen LogP contribution in [-0.2, 0) is 0 Å². The minimum atomic E-state index is -4.01. The van der Waals surface area contributed by atoms with Crippen molar-refractivity contribution >= 4 is 0 Å². The Balaban J connectivity index is 2.31. The van der Waals surface area contributed by atoms with Crippen LogP contribution in [0.2, 0.25) is 0 Å². The molecule has 1 unspecified atom stereocenters. The fourth-order valence-electron chi connectivity index (χ4n) is 1.85. The predicted molar refractivity (Wildman–Crippen MR) is 48.9 cm³/mol. The maximum Gasteiger partial charge on any atom is 0.391 e. The number of hydrogen-bond acceptors (Lipinski definition) is 2. The molecule has 0 aromatic carbocycles. The summed E-state index contributed by atoms with van der Waals surface area (Å²) in [5.41, 5.74) is 5.58. The molecule has 0 aliphatic carbocycles. The molecule has 1 heterocycles. The van der Waals surface area contributed by atoms with Crippen molar-refractivity contribution < 1.29 is 13.2 Å². The summed E-state index contributed by atoms with van der Waals surface area (Å²) in [5, 5.41) is 0. The van der Waals surface area contributed by atoms with Crippen LogP contribution in [0, 0.1) is 5.92 Å². The van der Waals surface area contributed by atoms with Crippen molar-refractivity contribution in [3.05, 3.63) is 0 Å². The third-order valence-corrected chi connectivity index (χ3v) is 2.60. The lowest BCUT2D eigenvalue weighted by Gasteiger charge is -2.33. The molecule has 1 saturated heterocycles. The number of nitrogens with zero attached hydrogens (tertiary/aromatic N) is 1. The van der Waals surface area contributed by atoms with E-state index < -0.39 is 12.1 Å². The Morgan fingerprint density at radius 1 is 1.36 bits per heavy atom. The van der Waals surface area contributed by atoms with E-state index in [1.54, 1.807) is 0 Å². The Morgan fingerprint density at radius 3 is 2.21 bits per heavy atom. The molecule has 2 N–H and O–H groups in total. The monoisotopic (exact) mass is 210 g/mol. The molecule has 2 nitrogen and oxygen atoms in total. The molecule has 0 radical (unpaired) electrons. The lowest BCUT2D eigenvalue weighted by atomic mass is 9.96. The minimum Gasteiger partial charge on any atom is -0.327 e. The molecule has 0 aromatic heterocycles. The van der Waals surface area contributed by atoms with E-state index in [9.17, 15) is 13.2 Å². The lowest BCUT2D eigenvalue weighted by Crippen LogP contribution is -2.43. The first kappa shape index (κ1) is 11.8. The summed E-state index contributed by atoms with van der Waals surface area (Å²) in [7, 11) is 0. The third-order valence-electron chi connectivity index (χ3n) is 2.60. The van der Waals surface area contributed by atoms with Crippen molar-refractivity contribution in [2.24, 2.45) is 11.7 Å². The normalized spacial score (nSPS) is 23.8. The van der Waals surface area contributed by atoms with Crippen LogP contribution in [0.25, 0.3) is 0 Å². The van der Waals surface area contributed by atoms with Gasteiger partial charge in [0, 0.05) is 12.6 Å². The maximum atomic E-state index is 12.3. The highest BCUT2D eigenvalue weighted by Crippen LogP contribution is 2.33. The molecular formula is C9H17F3N2. The summed E-state index contributed by atoms with van der Waals surface area (Å²) in [5.74, 6) is -1.10. The van der Waals surface area contributed by atoms with E-state index in [1.165, 1.54) is 0 Å². The molecule has 1 atom stereocenters. The Bertz CT molecular complexity index is 171. The highest BCUT2D eigenvalue weighted by atomic mass is 19.4. The van der Waals surface area contributed by atoms with Gasteiger partial charge in [-0.15, -0.1) is 0 Å². The molecule has 1 aliphatic rings. The van der Waals surface area contributed by atoms with Gasteiger partial charge in [-0.05, 0) is 32.9 Å². The number of halogens is 3. The van der Waals surface area contributed by atoms with Crippen molar-refractivity contribution in [2.45, 2.75) is 32.0 Å². The van der Waals surface area contributed by atoms with Gasteiger partial charge in [0.1, 0.15) is 0 Å². The van der Waals surface area contributed by atoms with Gasteiger partial charge in [0.15, 0.2) is 0 Å². The van der Waals surface area contributed by atoms with Crippen molar-refractivity contribution in [1.82, 2.24) is 4.90 Å². The second-order valence-electron chi connectivity index (χ2n) is 4.09. The second kappa shape index (κ2) is 4.49. The van der Waals surface area contributed by atoms with Crippen LogP contribution in [0.5, 0.6) is 0 Å². The van der Waals surface area contributed by atoms with Crippen LogP contribution < -0.4 is 5.73 Å². The Morgan fingerprint density at radius 2 is 1.86 bits per heavy atom. The quantitative estimate of drug-likeness (QED) is 0.750. The van der Waals surface area contributed by atoms with E-state index in [4.69, 9.17) is 5.73 Å². The molecule has 0 bridgehead atoms. The first-order valence-electron chi connectivity index (χ1n) is 4.94. The summed E-state index contributed by atoms with van der Waals surface area (Å²) in [4.78, 5) is 2.01. The van der Waals surface area contributed by atoms with Crippen molar-refractivity contribution in [3.8, 4) is 0 Å². The predicted octanol–water partition coefficient (Wildman–Crippen LogP) is 1.61. The van der Waals surface area contributed by atoms with Crippen LogP contribution >= 0.6 is 0 Å². The standard InChI is InChI=1S/C9H17F3N2/c1-7(13)6-14-4-2-8(3-5-14)9(10,11)12/h7-8H,2-6,13H2,1H3. The molecule has 0 spiro atoms. The van der Waals surface area contributed by atoms with Gasteiger partial charge >= 0.3 is 6.18 Å². The minimum absolute atomic E-state index is 0.0393. The first-order valence-corrected chi connectivity index (χ1v) is 4.94. The van der Waals surface area contributed by atoms with E-state index in [2.05, 4.69) is 0 Å². The zero-order chi connectivity index (χ0) is 10.8. The first-order chi connectivity index (χ1) is 6.39. The molecule has 5 heteroatoms. The number of rotatable bonds is 2. The van der Waals surface area contributed by atoms with E-state index >= 15 is 0 Å². The number of likely N-dealkylation sites (tertiary alicyclic amines) is 1. The highest BCUT2D eigenvalue weighted by Gasteiger charge is 2.40. The van der Waals surface area contributed by atoms with Crippen LogP contribution in [0.1, 0.15) is 19.8 Å². The molecule has 14 heavy (non-hydrogen) atoms. The molecule has 0 aromatic rings. The number of alkyl halides is 3. The van der Waals surface area contributed by atoms with Crippen molar-refractivity contribution in [1.29, 1.82) is 0 Å².